The average molecular weight is 439 g/mol. The number of benzene rings is 2. The Morgan fingerprint density at radius 2 is 1.59 bits per heavy atom. The summed E-state index contributed by atoms with van der Waals surface area (Å²) in [6.45, 7) is -0.532. The maximum atomic E-state index is 12.0. The van der Waals surface area contributed by atoms with Crippen molar-refractivity contribution in [3.8, 4) is 0 Å². The van der Waals surface area contributed by atoms with Gasteiger partial charge in [-0.05, 0) is 36.4 Å². The first-order valence-corrected chi connectivity index (χ1v) is 9.04. The molecule has 0 aromatic heterocycles. The summed E-state index contributed by atoms with van der Waals surface area (Å²) in [4.78, 5) is 46.0. The second-order valence-corrected chi connectivity index (χ2v) is 6.53. The highest BCUT2D eigenvalue weighted by molar-refractivity contribution is 6.44. The number of nitrogens with one attached hydrogen (secondary N) is 2. The van der Waals surface area contributed by atoms with Crippen LogP contribution in [0.4, 0.5) is 11.4 Å². The quantitative estimate of drug-likeness (QED) is 0.541. The van der Waals surface area contributed by atoms with Gasteiger partial charge in [-0.1, -0.05) is 29.3 Å². The van der Waals surface area contributed by atoms with Crippen LogP contribution in [0.2, 0.25) is 10.0 Å². The van der Waals surface area contributed by atoms with Crippen LogP contribution >= 0.6 is 23.2 Å². The highest BCUT2D eigenvalue weighted by Crippen LogP contribution is 2.29. The van der Waals surface area contributed by atoms with Crippen molar-refractivity contribution in [3.05, 3.63) is 58.1 Å². The maximum Gasteiger partial charge on any atom is 0.338 e. The van der Waals surface area contributed by atoms with Crippen molar-refractivity contribution in [1.29, 1.82) is 0 Å². The lowest BCUT2D eigenvalue weighted by molar-refractivity contribution is -0.138. The third-order valence-corrected chi connectivity index (χ3v) is 4.35. The first-order chi connectivity index (χ1) is 13.8. The number of aliphatic carboxylic acids is 1. The number of carboxylic acid groups (broad SMARTS) is 1. The van der Waals surface area contributed by atoms with Gasteiger partial charge >= 0.3 is 11.9 Å². The van der Waals surface area contributed by atoms with Gasteiger partial charge in [0.15, 0.2) is 6.61 Å². The van der Waals surface area contributed by atoms with Gasteiger partial charge in [0.25, 0.3) is 5.91 Å². The Balaban J connectivity index is 1.84. The van der Waals surface area contributed by atoms with Crippen molar-refractivity contribution >= 4 is 58.3 Å². The highest BCUT2D eigenvalue weighted by atomic mass is 35.5. The molecule has 2 aromatic rings. The molecule has 10 heteroatoms. The summed E-state index contributed by atoms with van der Waals surface area (Å²) < 4.78 is 4.94. The molecule has 0 spiro atoms. The van der Waals surface area contributed by atoms with Gasteiger partial charge in [0.1, 0.15) is 0 Å². The molecule has 3 N–H and O–H groups in total. The summed E-state index contributed by atoms with van der Waals surface area (Å²) in [6.07, 6.45) is -0.441. The molecule has 0 saturated heterocycles. The van der Waals surface area contributed by atoms with Gasteiger partial charge in [0.2, 0.25) is 5.91 Å². The molecule has 0 atom stereocenters. The average Bonchev–Trinajstić information content (AvgIpc) is 2.68. The zero-order valence-electron chi connectivity index (χ0n) is 14.9. The van der Waals surface area contributed by atoms with Gasteiger partial charge in [-0.2, -0.15) is 0 Å². The molecule has 0 saturated carbocycles. The van der Waals surface area contributed by atoms with E-state index in [1.54, 1.807) is 18.2 Å². The summed E-state index contributed by atoms with van der Waals surface area (Å²) in [5.41, 5.74) is 0.857. The Labute approximate surface area is 175 Å². The normalized spacial score (nSPS) is 10.1. The van der Waals surface area contributed by atoms with Crippen molar-refractivity contribution in [2.45, 2.75) is 12.8 Å². The van der Waals surface area contributed by atoms with E-state index in [1.807, 2.05) is 0 Å². The third kappa shape index (κ3) is 7.10. The molecule has 0 bridgehead atoms. The number of ether oxygens (including phenoxy) is 1. The number of esters is 1. The molecular formula is C19H16Cl2N2O6. The number of amides is 2. The first-order valence-electron chi connectivity index (χ1n) is 8.29. The summed E-state index contributed by atoms with van der Waals surface area (Å²) in [5.74, 6) is -2.86. The van der Waals surface area contributed by atoms with Crippen LogP contribution < -0.4 is 10.6 Å². The maximum absolute atomic E-state index is 12.0. The van der Waals surface area contributed by atoms with E-state index in [4.69, 9.17) is 33.0 Å². The highest BCUT2D eigenvalue weighted by Gasteiger charge is 2.13. The molecule has 0 aliphatic carbocycles. The minimum atomic E-state index is -1.07. The second kappa shape index (κ2) is 10.4. The standard InChI is InChI=1S/C19H16Cl2N2O6/c20-13-2-1-3-14(18(13)21)23-16(25)10-29-19(28)11-4-6-12(7-5-11)22-15(24)8-9-17(26)27/h1-7H,8-10H2,(H,22,24)(H,23,25)(H,26,27). The van der Waals surface area contributed by atoms with E-state index < -0.39 is 30.4 Å². The van der Waals surface area contributed by atoms with Gasteiger partial charge in [0, 0.05) is 12.1 Å². The van der Waals surface area contributed by atoms with E-state index in [0.29, 0.717) is 11.4 Å². The number of anilines is 2. The number of carbonyl (C=O) groups excluding carboxylic acids is 3. The molecule has 0 aliphatic heterocycles. The summed E-state index contributed by atoms with van der Waals surface area (Å²) in [5, 5.41) is 14.0. The Morgan fingerprint density at radius 3 is 2.24 bits per heavy atom. The molecule has 0 fully saturated rings. The van der Waals surface area contributed by atoms with Crippen LogP contribution in [0.15, 0.2) is 42.5 Å². The number of halogens is 2. The largest absolute Gasteiger partial charge is 0.481 e. The van der Waals surface area contributed by atoms with E-state index in [1.165, 1.54) is 24.3 Å². The predicted molar refractivity (Wildman–Crippen MR) is 107 cm³/mol. The Hall–Kier alpha value is -3.10. The molecule has 2 rings (SSSR count). The van der Waals surface area contributed by atoms with E-state index in [-0.39, 0.29) is 28.5 Å². The minimum absolute atomic E-state index is 0.162. The number of hydrogen-bond acceptors (Lipinski definition) is 5. The van der Waals surface area contributed by atoms with Crippen molar-refractivity contribution in [3.63, 3.8) is 0 Å². The minimum Gasteiger partial charge on any atom is -0.481 e. The number of rotatable bonds is 8. The number of carbonyl (C=O) groups is 4. The Bertz CT molecular complexity index is 931. The Kier molecular flexibility index (Phi) is 7.99. The fourth-order valence-corrected chi connectivity index (χ4v) is 2.48. The molecule has 29 heavy (non-hydrogen) atoms. The van der Waals surface area contributed by atoms with E-state index in [2.05, 4.69) is 10.6 Å². The molecule has 0 heterocycles. The van der Waals surface area contributed by atoms with Gasteiger partial charge in [-0.3, -0.25) is 14.4 Å². The van der Waals surface area contributed by atoms with Crippen LogP contribution in [-0.2, 0) is 19.1 Å². The first kappa shape index (κ1) is 22.2. The van der Waals surface area contributed by atoms with Crippen molar-refractivity contribution in [2.75, 3.05) is 17.2 Å². The Morgan fingerprint density at radius 1 is 0.897 bits per heavy atom. The van der Waals surface area contributed by atoms with Gasteiger partial charge in [-0.25, -0.2) is 4.79 Å². The monoisotopic (exact) mass is 438 g/mol. The van der Waals surface area contributed by atoms with Gasteiger partial charge in [-0.15, -0.1) is 0 Å². The number of hydrogen-bond donors (Lipinski definition) is 3. The zero-order valence-corrected chi connectivity index (χ0v) is 16.4. The van der Waals surface area contributed by atoms with Gasteiger partial charge < -0.3 is 20.5 Å². The van der Waals surface area contributed by atoms with Crippen LogP contribution in [0.25, 0.3) is 0 Å². The lowest BCUT2D eigenvalue weighted by Gasteiger charge is -2.09. The van der Waals surface area contributed by atoms with Gasteiger partial charge in [0.05, 0.1) is 27.7 Å². The van der Waals surface area contributed by atoms with E-state index >= 15 is 0 Å². The smallest absolute Gasteiger partial charge is 0.338 e. The van der Waals surface area contributed by atoms with Crippen molar-refractivity contribution < 1.29 is 29.0 Å². The lowest BCUT2D eigenvalue weighted by Crippen LogP contribution is -2.21. The molecule has 0 aliphatic rings. The van der Waals surface area contributed by atoms with Crippen LogP contribution in [0.1, 0.15) is 23.2 Å². The topological polar surface area (TPSA) is 122 Å². The summed E-state index contributed by atoms with van der Waals surface area (Å²) in [7, 11) is 0. The zero-order chi connectivity index (χ0) is 21.4. The predicted octanol–water partition coefficient (Wildman–Crippen LogP) is 3.59. The third-order valence-electron chi connectivity index (χ3n) is 3.53. The van der Waals surface area contributed by atoms with E-state index in [0.717, 1.165) is 0 Å². The second-order valence-electron chi connectivity index (χ2n) is 5.74. The fraction of sp³-hybridized carbons (Fsp3) is 0.158. The molecule has 8 nitrogen and oxygen atoms in total. The van der Waals surface area contributed by atoms with Crippen molar-refractivity contribution in [1.82, 2.24) is 0 Å². The molecule has 0 unspecified atom stereocenters. The SMILES string of the molecule is O=C(O)CCC(=O)Nc1ccc(C(=O)OCC(=O)Nc2cccc(Cl)c2Cl)cc1. The molecule has 0 radical (unpaired) electrons. The van der Waals surface area contributed by atoms with Crippen LogP contribution in [0, 0.1) is 0 Å². The van der Waals surface area contributed by atoms with Crippen LogP contribution in [0.5, 0.6) is 0 Å². The fourth-order valence-electron chi connectivity index (χ4n) is 2.13. The van der Waals surface area contributed by atoms with E-state index in [9.17, 15) is 19.2 Å². The molecule has 152 valence electrons. The van der Waals surface area contributed by atoms with Crippen LogP contribution in [0.3, 0.4) is 0 Å². The summed E-state index contributed by atoms with van der Waals surface area (Å²) in [6, 6.07) is 10.5. The molecule has 2 amide bonds. The lowest BCUT2D eigenvalue weighted by atomic mass is 10.2. The summed E-state index contributed by atoms with van der Waals surface area (Å²) >= 11 is 11.8. The molecular weight excluding hydrogens is 423 g/mol. The molecule has 2 aromatic carbocycles. The van der Waals surface area contributed by atoms with Crippen LogP contribution in [-0.4, -0.2) is 35.5 Å². The van der Waals surface area contributed by atoms with Crippen molar-refractivity contribution in [2.24, 2.45) is 0 Å². The number of carboxylic acids is 1.